The summed E-state index contributed by atoms with van der Waals surface area (Å²) in [5.74, 6) is 1.04. The number of aromatic nitrogens is 2. The maximum absolute atomic E-state index is 12.1. The molecule has 1 aromatic rings. The average Bonchev–Trinajstić information content (AvgIpc) is 2.37. The maximum Gasteiger partial charge on any atom is 0.243 e. The number of nitrogens with zero attached hydrogens (tertiary/aromatic N) is 2. The van der Waals surface area contributed by atoms with Crippen molar-refractivity contribution in [2.24, 2.45) is 5.92 Å². The molecule has 1 rings (SSSR count). The van der Waals surface area contributed by atoms with Gasteiger partial charge >= 0.3 is 0 Å². The number of nitrogens with one attached hydrogen (secondary N) is 2. The molecule has 0 fully saturated rings. The first-order valence-corrected chi connectivity index (χ1v) is 8.35. The summed E-state index contributed by atoms with van der Waals surface area (Å²) in [6.07, 6.45) is 5.56. The van der Waals surface area contributed by atoms with Crippen molar-refractivity contribution in [3.05, 3.63) is 12.4 Å². The van der Waals surface area contributed by atoms with Crippen LogP contribution in [0.3, 0.4) is 0 Å². The third-order valence-corrected chi connectivity index (χ3v) is 4.48. The molecule has 0 saturated carbocycles. The molecule has 20 heavy (non-hydrogen) atoms. The van der Waals surface area contributed by atoms with Crippen molar-refractivity contribution in [1.29, 1.82) is 0 Å². The predicted octanol–water partition coefficient (Wildman–Crippen LogP) is 2.01. The van der Waals surface area contributed by atoms with Crippen molar-refractivity contribution >= 4 is 16.0 Å². The lowest BCUT2D eigenvalue weighted by molar-refractivity contribution is 0.488. The molecule has 0 aliphatic carbocycles. The molecule has 0 spiro atoms. The highest BCUT2D eigenvalue weighted by atomic mass is 32.2. The quantitative estimate of drug-likeness (QED) is 0.767. The first-order chi connectivity index (χ1) is 9.35. The van der Waals surface area contributed by atoms with E-state index in [-0.39, 0.29) is 10.9 Å². The van der Waals surface area contributed by atoms with Crippen LogP contribution < -0.4 is 10.0 Å². The van der Waals surface area contributed by atoms with Gasteiger partial charge in [-0.25, -0.2) is 23.1 Å². The Morgan fingerprint density at radius 2 is 1.75 bits per heavy atom. The van der Waals surface area contributed by atoms with Gasteiger partial charge in [0.25, 0.3) is 0 Å². The lowest BCUT2D eigenvalue weighted by Gasteiger charge is -2.14. The first kappa shape index (κ1) is 16.8. The van der Waals surface area contributed by atoms with Crippen LogP contribution in [0.2, 0.25) is 0 Å². The molecule has 1 aromatic heterocycles. The Labute approximate surface area is 121 Å². The van der Waals surface area contributed by atoms with Crippen LogP contribution in [0.5, 0.6) is 0 Å². The number of anilines is 1. The lowest BCUT2D eigenvalue weighted by Crippen LogP contribution is -2.32. The van der Waals surface area contributed by atoms with Crippen molar-refractivity contribution in [2.45, 2.75) is 51.0 Å². The van der Waals surface area contributed by atoms with Crippen molar-refractivity contribution in [1.82, 2.24) is 14.7 Å². The van der Waals surface area contributed by atoms with Gasteiger partial charge in [-0.15, -0.1) is 0 Å². The van der Waals surface area contributed by atoms with Gasteiger partial charge in [-0.1, -0.05) is 26.7 Å². The van der Waals surface area contributed by atoms with E-state index in [1.807, 2.05) is 6.92 Å². The van der Waals surface area contributed by atoms with E-state index in [9.17, 15) is 8.42 Å². The molecule has 0 aromatic carbocycles. The highest BCUT2D eigenvalue weighted by Crippen LogP contribution is 2.12. The Bertz CT molecular complexity index is 500. The minimum atomic E-state index is -3.54. The zero-order valence-corrected chi connectivity index (χ0v) is 13.4. The number of hydrogen-bond donors (Lipinski definition) is 2. The molecule has 1 heterocycles. The SMILES string of the molecule is CNc1ncc(S(=O)(=O)NC(C)CCCC(C)C)cn1. The number of hydrogen-bond acceptors (Lipinski definition) is 5. The largest absolute Gasteiger partial charge is 0.357 e. The molecule has 0 bridgehead atoms. The van der Waals surface area contributed by atoms with E-state index in [4.69, 9.17) is 0 Å². The van der Waals surface area contributed by atoms with Gasteiger partial charge in [-0.05, 0) is 19.3 Å². The van der Waals surface area contributed by atoms with Crippen molar-refractivity contribution in [3.8, 4) is 0 Å². The van der Waals surface area contributed by atoms with E-state index in [0.717, 1.165) is 19.3 Å². The molecular formula is C13H24N4O2S. The van der Waals surface area contributed by atoms with Crippen LogP contribution in [-0.2, 0) is 10.0 Å². The van der Waals surface area contributed by atoms with Crippen LogP contribution in [0.1, 0.15) is 40.0 Å². The van der Waals surface area contributed by atoms with Crippen molar-refractivity contribution in [3.63, 3.8) is 0 Å². The Kier molecular flexibility index (Phi) is 6.35. The van der Waals surface area contributed by atoms with Crippen molar-refractivity contribution in [2.75, 3.05) is 12.4 Å². The van der Waals surface area contributed by atoms with E-state index in [2.05, 4.69) is 33.9 Å². The Balaban J connectivity index is 2.59. The molecule has 6 nitrogen and oxygen atoms in total. The fraction of sp³-hybridized carbons (Fsp3) is 0.692. The van der Waals surface area contributed by atoms with Crippen LogP contribution in [-0.4, -0.2) is 31.5 Å². The van der Waals surface area contributed by atoms with Gasteiger partial charge in [-0.3, -0.25) is 0 Å². The maximum atomic E-state index is 12.1. The third-order valence-electron chi connectivity index (χ3n) is 2.94. The zero-order valence-electron chi connectivity index (χ0n) is 12.5. The molecule has 0 aliphatic heterocycles. The fourth-order valence-corrected chi connectivity index (χ4v) is 2.97. The summed E-state index contributed by atoms with van der Waals surface area (Å²) in [5.41, 5.74) is 0. The Morgan fingerprint density at radius 3 is 2.25 bits per heavy atom. The van der Waals surface area contributed by atoms with E-state index in [1.165, 1.54) is 12.4 Å². The van der Waals surface area contributed by atoms with E-state index < -0.39 is 10.0 Å². The highest BCUT2D eigenvalue weighted by molar-refractivity contribution is 7.89. The summed E-state index contributed by atoms with van der Waals surface area (Å²) in [6.45, 7) is 6.20. The van der Waals surface area contributed by atoms with Crippen LogP contribution >= 0.6 is 0 Å². The molecule has 1 atom stereocenters. The monoisotopic (exact) mass is 300 g/mol. The normalized spacial score (nSPS) is 13.4. The molecular weight excluding hydrogens is 276 g/mol. The summed E-state index contributed by atoms with van der Waals surface area (Å²) in [4.78, 5) is 7.92. The summed E-state index contributed by atoms with van der Waals surface area (Å²) in [5, 5.41) is 2.75. The van der Waals surface area contributed by atoms with E-state index in [0.29, 0.717) is 11.9 Å². The summed E-state index contributed by atoms with van der Waals surface area (Å²) >= 11 is 0. The fourth-order valence-electron chi connectivity index (χ4n) is 1.81. The minimum Gasteiger partial charge on any atom is -0.357 e. The number of rotatable bonds is 8. The molecule has 1 unspecified atom stereocenters. The van der Waals surface area contributed by atoms with Gasteiger partial charge in [0.2, 0.25) is 16.0 Å². The van der Waals surface area contributed by atoms with Crippen LogP contribution in [0, 0.1) is 5.92 Å². The van der Waals surface area contributed by atoms with Gasteiger partial charge < -0.3 is 5.32 Å². The standard InChI is InChI=1S/C13H24N4O2S/c1-10(2)6-5-7-11(3)17-20(18,19)12-8-15-13(14-4)16-9-12/h8-11,17H,5-7H2,1-4H3,(H,14,15,16). The van der Waals surface area contributed by atoms with Gasteiger partial charge in [0.15, 0.2) is 0 Å². The van der Waals surface area contributed by atoms with Gasteiger partial charge in [0.05, 0.1) is 12.4 Å². The Hall–Kier alpha value is -1.21. The molecule has 7 heteroatoms. The van der Waals surface area contributed by atoms with Crippen LogP contribution in [0.4, 0.5) is 5.95 Å². The molecule has 0 aliphatic rings. The molecule has 0 amide bonds. The van der Waals surface area contributed by atoms with Crippen molar-refractivity contribution < 1.29 is 8.42 Å². The molecule has 2 N–H and O–H groups in total. The summed E-state index contributed by atoms with van der Waals surface area (Å²) in [6, 6.07) is -0.0947. The van der Waals surface area contributed by atoms with E-state index >= 15 is 0 Å². The van der Waals surface area contributed by atoms with Gasteiger partial charge in [0.1, 0.15) is 4.90 Å². The topological polar surface area (TPSA) is 84.0 Å². The second kappa shape index (κ2) is 7.54. The first-order valence-electron chi connectivity index (χ1n) is 6.87. The highest BCUT2D eigenvalue weighted by Gasteiger charge is 2.18. The molecule has 0 saturated heterocycles. The number of sulfonamides is 1. The second-order valence-corrected chi connectivity index (χ2v) is 7.05. The molecule has 0 radical (unpaired) electrons. The van der Waals surface area contributed by atoms with Crippen LogP contribution in [0.25, 0.3) is 0 Å². The second-order valence-electron chi connectivity index (χ2n) is 5.34. The van der Waals surface area contributed by atoms with Crippen LogP contribution in [0.15, 0.2) is 17.3 Å². The van der Waals surface area contributed by atoms with E-state index in [1.54, 1.807) is 7.05 Å². The van der Waals surface area contributed by atoms with Gasteiger partial charge in [0, 0.05) is 13.1 Å². The molecule has 114 valence electrons. The lowest BCUT2D eigenvalue weighted by atomic mass is 10.0. The third kappa shape index (κ3) is 5.42. The van der Waals surface area contributed by atoms with Gasteiger partial charge in [-0.2, -0.15) is 0 Å². The average molecular weight is 300 g/mol. The summed E-state index contributed by atoms with van der Waals surface area (Å²) < 4.78 is 26.9. The smallest absolute Gasteiger partial charge is 0.243 e. The predicted molar refractivity (Wildman–Crippen MR) is 80.1 cm³/mol. The minimum absolute atomic E-state index is 0.0900. The zero-order chi connectivity index (χ0) is 15.2. The Morgan fingerprint density at radius 1 is 1.15 bits per heavy atom. The summed E-state index contributed by atoms with van der Waals surface area (Å²) in [7, 11) is -1.86.